The normalized spacial score (nSPS) is 35.9. The van der Waals surface area contributed by atoms with Gasteiger partial charge in [-0.1, -0.05) is 69.2 Å². The Morgan fingerprint density at radius 2 is 1.31 bits per heavy atom. The molecule has 196 valence electrons. The fraction of sp³-hybridized carbons (Fsp3) is 0.700. The van der Waals surface area contributed by atoms with E-state index >= 15 is 0 Å². The van der Waals surface area contributed by atoms with Gasteiger partial charge in [0.25, 0.3) is 0 Å². The van der Waals surface area contributed by atoms with Crippen molar-refractivity contribution in [2.24, 2.45) is 34.5 Å². The predicted octanol–water partition coefficient (Wildman–Crippen LogP) is 8.27. The molecule has 2 fully saturated rings. The van der Waals surface area contributed by atoms with Crippen molar-refractivity contribution >= 4 is 5.78 Å². The number of fused-ring (bicyclic) bond motifs is 2. The minimum absolute atomic E-state index is 0.246. The zero-order valence-corrected chi connectivity index (χ0v) is 24.1. The van der Waals surface area contributed by atoms with Crippen LogP contribution in [0.2, 0.25) is 0 Å². The monoisotopic (exact) mass is 522 g/mol. The van der Waals surface area contributed by atoms with Crippen LogP contribution in [0.4, 0.5) is 0 Å². The Kier molecular flexibility index (Phi) is 10.4. The van der Waals surface area contributed by atoms with Crippen molar-refractivity contribution in [1.82, 2.24) is 0 Å². The van der Waals surface area contributed by atoms with E-state index in [0.717, 1.165) is 24.7 Å². The van der Waals surface area contributed by atoms with Crippen LogP contribution in [0.3, 0.4) is 0 Å². The third-order valence-electron chi connectivity index (χ3n) is 9.73. The summed E-state index contributed by atoms with van der Waals surface area (Å²) in [5.74, 6) is 3.10. The molecule has 0 bridgehead atoms. The molecule has 2 saturated carbocycles. The topological polar surface area (TPSA) is 68.3 Å². The van der Waals surface area contributed by atoms with E-state index in [1.165, 1.54) is 61.7 Å². The van der Waals surface area contributed by atoms with Crippen LogP contribution in [0.15, 0.2) is 47.6 Å². The zero-order valence-electron chi connectivity index (χ0n) is 22.8. The fourth-order valence-corrected chi connectivity index (χ4v) is 6.78. The van der Waals surface area contributed by atoms with Crippen molar-refractivity contribution in [2.75, 3.05) is 0 Å². The van der Waals surface area contributed by atoms with Crippen LogP contribution in [0, 0.1) is 34.5 Å². The second kappa shape index (κ2) is 12.2. The summed E-state index contributed by atoms with van der Waals surface area (Å²) >= 11 is -3.79. The van der Waals surface area contributed by atoms with Crippen molar-refractivity contribution < 1.29 is 30.2 Å². The van der Waals surface area contributed by atoms with Crippen LogP contribution in [-0.4, -0.2) is 5.78 Å². The van der Waals surface area contributed by atoms with Gasteiger partial charge in [-0.05, 0) is 106 Å². The molecule has 0 amide bonds. The number of hydrogen-bond donors (Lipinski definition) is 0. The summed E-state index contributed by atoms with van der Waals surface area (Å²) in [6, 6.07) is 0. The van der Waals surface area contributed by atoms with Crippen LogP contribution in [0.25, 0.3) is 0 Å². The SMILES string of the molecule is C=C(C)[C@@H]1CCC2=CC(=O)C[C@@H](C)[C@]2(C)C1.C=C(C)[C@@H]1CCC2=CCC[C@@H](C)[C@]2(C)C1.[O]=[Cr](=[O])=[O]. The molecule has 0 aromatic rings. The van der Waals surface area contributed by atoms with Crippen LogP contribution in [-0.2, 0) is 30.2 Å². The van der Waals surface area contributed by atoms with E-state index < -0.39 is 14.0 Å². The van der Waals surface area contributed by atoms with Gasteiger partial charge < -0.3 is 0 Å². The Labute approximate surface area is 217 Å². The average molecular weight is 523 g/mol. The summed E-state index contributed by atoms with van der Waals surface area (Å²) in [7, 11) is 0. The zero-order chi connectivity index (χ0) is 26.6. The molecule has 4 nitrogen and oxygen atoms in total. The van der Waals surface area contributed by atoms with E-state index in [9.17, 15) is 4.79 Å². The molecule has 4 aliphatic carbocycles. The van der Waals surface area contributed by atoms with E-state index in [0.29, 0.717) is 23.0 Å². The number of carbonyl (C=O) groups excluding carboxylic acids is 1. The average Bonchev–Trinajstić information content (AvgIpc) is 2.75. The maximum atomic E-state index is 11.6. The van der Waals surface area contributed by atoms with E-state index in [1.54, 1.807) is 5.57 Å². The van der Waals surface area contributed by atoms with Crippen LogP contribution < -0.4 is 0 Å². The summed E-state index contributed by atoms with van der Waals surface area (Å²) in [5.41, 5.74) is 6.58. The van der Waals surface area contributed by atoms with Crippen molar-refractivity contribution in [2.45, 2.75) is 99.3 Å². The summed E-state index contributed by atoms with van der Waals surface area (Å²) in [6.07, 6.45) is 15.3. The second-order valence-corrected chi connectivity index (χ2v) is 12.7. The summed E-state index contributed by atoms with van der Waals surface area (Å²) < 4.78 is 25.6. The number of rotatable bonds is 2. The third-order valence-corrected chi connectivity index (χ3v) is 9.73. The number of hydrogen-bond acceptors (Lipinski definition) is 4. The summed E-state index contributed by atoms with van der Waals surface area (Å²) in [6.45, 7) is 22.1. The van der Waals surface area contributed by atoms with Gasteiger partial charge in [-0.15, -0.1) is 0 Å². The van der Waals surface area contributed by atoms with Gasteiger partial charge in [0.15, 0.2) is 5.78 Å². The molecule has 35 heavy (non-hydrogen) atoms. The fourth-order valence-electron chi connectivity index (χ4n) is 6.78. The van der Waals surface area contributed by atoms with Crippen molar-refractivity contribution in [3.63, 3.8) is 0 Å². The Morgan fingerprint density at radius 1 is 0.857 bits per heavy atom. The standard InChI is InChI=1S/C15H22O.C15H24.Cr.3O/c1-10(2)12-5-6-13-8-14(16)7-11(3)15(13,4)9-12;1-11(2)13-8-9-14-7-5-6-12(3)15(14,4)10-13;;;;/h8,11-12H,1,5-7,9H2,2-4H3;7,12-13H,1,5-6,8-10H2,2-4H3;;;;/t11-,12-,15+;12-,13-,15+;;;;/m11..../s1. The molecule has 0 aromatic heterocycles. The van der Waals surface area contributed by atoms with Crippen LogP contribution in [0.5, 0.6) is 0 Å². The first-order valence-electron chi connectivity index (χ1n) is 13.2. The van der Waals surface area contributed by atoms with Gasteiger partial charge in [-0.25, -0.2) is 0 Å². The van der Waals surface area contributed by atoms with E-state index in [4.69, 9.17) is 11.4 Å². The van der Waals surface area contributed by atoms with Gasteiger partial charge in [-0.2, -0.15) is 0 Å². The molecule has 0 aliphatic heterocycles. The Hall–Kier alpha value is -1.44. The van der Waals surface area contributed by atoms with Crippen molar-refractivity contribution in [3.8, 4) is 0 Å². The van der Waals surface area contributed by atoms with Crippen LogP contribution in [0.1, 0.15) is 99.3 Å². The molecule has 0 aromatic carbocycles. The molecule has 5 heteroatoms. The van der Waals surface area contributed by atoms with Gasteiger partial charge >= 0.3 is 25.4 Å². The molecular weight excluding hydrogens is 476 g/mol. The summed E-state index contributed by atoms with van der Waals surface area (Å²) in [5, 5.41) is 0. The van der Waals surface area contributed by atoms with E-state index in [2.05, 4.69) is 60.8 Å². The maximum absolute atomic E-state index is 11.6. The van der Waals surface area contributed by atoms with Crippen LogP contribution >= 0.6 is 0 Å². The predicted molar refractivity (Wildman–Crippen MR) is 136 cm³/mol. The molecular formula is C30H46CrO4. The van der Waals surface area contributed by atoms with Gasteiger partial charge in [0.05, 0.1) is 0 Å². The first-order valence-corrected chi connectivity index (χ1v) is 14.8. The number of allylic oxidation sites excluding steroid dienone is 6. The first kappa shape index (κ1) is 29.8. The van der Waals surface area contributed by atoms with Gasteiger partial charge in [-0.3, -0.25) is 4.79 Å². The van der Waals surface area contributed by atoms with Gasteiger partial charge in [0, 0.05) is 6.42 Å². The number of ketones is 1. The van der Waals surface area contributed by atoms with E-state index in [1.807, 2.05) is 6.08 Å². The van der Waals surface area contributed by atoms with Crippen molar-refractivity contribution in [3.05, 3.63) is 47.6 Å². The minimum atomic E-state index is -3.79. The summed E-state index contributed by atoms with van der Waals surface area (Å²) in [4.78, 5) is 11.6. The molecule has 0 saturated heterocycles. The van der Waals surface area contributed by atoms with Crippen molar-refractivity contribution in [1.29, 1.82) is 0 Å². The molecule has 0 unspecified atom stereocenters. The Balaban J connectivity index is 0.000000215. The quantitative estimate of drug-likeness (QED) is 0.342. The van der Waals surface area contributed by atoms with Gasteiger partial charge in [0.2, 0.25) is 0 Å². The molecule has 0 radical (unpaired) electrons. The molecule has 0 heterocycles. The molecule has 0 N–H and O–H groups in total. The molecule has 4 aliphatic rings. The third kappa shape index (κ3) is 7.30. The molecule has 4 rings (SSSR count). The Bertz CT molecular complexity index is 995. The Morgan fingerprint density at radius 3 is 1.80 bits per heavy atom. The number of carbonyl (C=O) groups is 1. The van der Waals surface area contributed by atoms with Gasteiger partial charge in [0.1, 0.15) is 0 Å². The van der Waals surface area contributed by atoms with E-state index in [-0.39, 0.29) is 5.41 Å². The second-order valence-electron chi connectivity index (χ2n) is 12.1. The first-order chi connectivity index (χ1) is 16.2. The molecule has 0 spiro atoms. The molecule has 6 atom stereocenters.